The molecule has 0 aromatic heterocycles. The third-order valence-electron chi connectivity index (χ3n) is 3.46. The van der Waals surface area contributed by atoms with Gasteiger partial charge < -0.3 is 14.8 Å². The molecule has 10 heteroatoms. The van der Waals surface area contributed by atoms with E-state index in [2.05, 4.69) is 5.32 Å². The van der Waals surface area contributed by atoms with Crippen LogP contribution in [0.3, 0.4) is 0 Å². The molecule has 0 heterocycles. The van der Waals surface area contributed by atoms with E-state index in [1.54, 1.807) is 0 Å². The first-order valence-electron chi connectivity index (χ1n) is 7.52. The van der Waals surface area contributed by atoms with Crippen LogP contribution < -0.4 is 10.1 Å². The molecule has 1 amide bonds. The van der Waals surface area contributed by atoms with Crippen molar-refractivity contribution in [3.05, 3.63) is 63.7 Å². The molecule has 0 unspecified atom stereocenters. The van der Waals surface area contributed by atoms with Crippen LogP contribution in [-0.4, -0.2) is 30.0 Å². The fourth-order valence-corrected chi connectivity index (χ4v) is 2.07. The summed E-state index contributed by atoms with van der Waals surface area (Å²) in [7, 11) is 1.26. The highest BCUT2D eigenvalue weighted by Crippen LogP contribution is 2.25. The maximum absolute atomic E-state index is 13.6. The molecule has 0 spiro atoms. The predicted molar refractivity (Wildman–Crippen MR) is 89.5 cm³/mol. The maximum atomic E-state index is 13.6. The Bertz CT molecular complexity index is 903. The molecule has 2 rings (SSSR count). The van der Waals surface area contributed by atoms with Crippen LogP contribution in [0.25, 0.3) is 0 Å². The first-order valence-corrected chi connectivity index (χ1v) is 7.52. The molecule has 1 N–H and O–H groups in total. The molecule has 2 aromatic rings. The minimum absolute atomic E-state index is 0.0165. The van der Waals surface area contributed by atoms with Gasteiger partial charge in [-0.25, -0.2) is 13.6 Å². The lowest BCUT2D eigenvalue weighted by atomic mass is 10.1. The van der Waals surface area contributed by atoms with E-state index in [0.29, 0.717) is 6.07 Å². The summed E-state index contributed by atoms with van der Waals surface area (Å²) in [5.41, 5.74) is -0.912. The van der Waals surface area contributed by atoms with Gasteiger partial charge in [-0.05, 0) is 25.1 Å². The molecule has 0 saturated carbocycles. The Morgan fingerprint density at radius 3 is 2.48 bits per heavy atom. The number of benzene rings is 2. The fraction of sp³-hybridized carbons (Fsp3) is 0.176. The summed E-state index contributed by atoms with van der Waals surface area (Å²) in [6.45, 7) is 1.22. The summed E-state index contributed by atoms with van der Waals surface area (Å²) in [6.07, 6.45) is -1.37. The molecular formula is C17H14F2N2O6. The number of amides is 1. The third-order valence-corrected chi connectivity index (χ3v) is 3.46. The number of hydrogen-bond acceptors (Lipinski definition) is 6. The predicted octanol–water partition coefficient (Wildman–Crippen LogP) is 3.07. The molecule has 0 aliphatic carbocycles. The monoisotopic (exact) mass is 380 g/mol. The zero-order chi connectivity index (χ0) is 20.1. The van der Waals surface area contributed by atoms with Crippen LogP contribution in [0.4, 0.5) is 20.2 Å². The summed E-state index contributed by atoms with van der Waals surface area (Å²) in [6, 6.07) is 5.85. The lowest BCUT2D eigenvalue weighted by Gasteiger charge is -2.15. The van der Waals surface area contributed by atoms with E-state index < -0.39 is 34.5 Å². The van der Waals surface area contributed by atoms with E-state index in [9.17, 15) is 28.5 Å². The number of carbonyl (C=O) groups excluding carboxylic acids is 2. The minimum atomic E-state index is -1.37. The first kappa shape index (κ1) is 19.8. The Balaban J connectivity index is 2.13. The van der Waals surface area contributed by atoms with Crippen molar-refractivity contribution in [1.29, 1.82) is 0 Å². The normalized spacial score (nSPS) is 11.4. The Morgan fingerprint density at radius 1 is 1.19 bits per heavy atom. The number of nitrogens with zero attached hydrogens (tertiary/aromatic N) is 1. The number of methoxy groups -OCH3 is 1. The van der Waals surface area contributed by atoms with Crippen LogP contribution in [0.5, 0.6) is 5.75 Å². The number of halogens is 2. The number of hydrogen-bond donors (Lipinski definition) is 1. The fourth-order valence-electron chi connectivity index (χ4n) is 2.07. The van der Waals surface area contributed by atoms with Crippen molar-refractivity contribution in [2.45, 2.75) is 13.0 Å². The number of esters is 1. The third kappa shape index (κ3) is 4.75. The number of nitro groups is 1. The highest BCUT2D eigenvalue weighted by molar-refractivity contribution is 5.98. The number of anilines is 1. The quantitative estimate of drug-likeness (QED) is 0.469. The summed E-state index contributed by atoms with van der Waals surface area (Å²) in [5, 5.41) is 13.0. The molecule has 0 aliphatic rings. The molecule has 0 radical (unpaired) electrons. The van der Waals surface area contributed by atoms with Crippen LogP contribution in [-0.2, 0) is 9.53 Å². The van der Waals surface area contributed by atoms with Gasteiger partial charge in [0.1, 0.15) is 22.9 Å². The number of non-ortho nitro benzene ring substituents is 1. The SMILES string of the molecule is COc1ccc([N+](=O)[O-])cc1C(=O)O[C@@H](C)C(=O)Nc1ccc(F)cc1F. The topological polar surface area (TPSA) is 108 Å². The maximum Gasteiger partial charge on any atom is 0.342 e. The minimum Gasteiger partial charge on any atom is -0.496 e. The standard InChI is InChI=1S/C17H14F2N2O6/c1-9(16(22)20-14-5-3-10(18)7-13(14)19)27-17(23)12-8-11(21(24)25)4-6-15(12)26-2/h3-9H,1-2H3,(H,20,22)/t9-/m0/s1. The summed E-state index contributed by atoms with van der Waals surface area (Å²) < 4.78 is 36.4. The summed E-state index contributed by atoms with van der Waals surface area (Å²) in [5.74, 6) is -3.72. The second kappa shape index (κ2) is 8.21. The molecule has 0 saturated heterocycles. The van der Waals surface area contributed by atoms with Gasteiger partial charge in [0.2, 0.25) is 0 Å². The van der Waals surface area contributed by atoms with E-state index in [-0.39, 0.29) is 22.7 Å². The van der Waals surface area contributed by atoms with Crippen LogP contribution in [0.15, 0.2) is 36.4 Å². The van der Waals surface area contributed by atoms with Crippen molar-refractivity contribution in [3.8, 4) is 5.75 Å². The highest BCUT2D eigenvalue weighted by Gasteiger charge is 2.24. The average molecular weight is 380 g/mol. The zero-order valence-electron chi connectivity index (χ0n) is 14.2. The van der Waals surface area contributed by atoms with Gasteiger partial charge in [-0.3, -0.25) is 14.9 Å². The largest absolute Gasteiger partial charge is 0.496 e. The van der Waals surface area contributed by atoms with Gasteiger partial charge in [0, 0.05) is 18.2 Å². The van der Waals surface area contributed by atoms with Crippen molar-refractivity contribution in [2.24, 2.45) is 0 Å². The second-order valence-corrected chi connectivity index (χ2v) is 5.30. The van der Waals surface area contributed by atoms with Crippen molar-refractivity contribution in [3.63, 3.8) is 0 Å². The number of nitro benzene ring substituents is 1. The lowest BCUT2D eigenvalue weighted by molar-refractivity contribution is -0.384. The summed E-state index contributed by atoms with van der Waals surface area (Å²) >= 11 is 0. The molecular weight excluding hydrogens is 366 g/mol. The molecule has 0 aliphatic heterocycles. The lowest BCUT2D eigenvalue weighted by Crippen LogP contribution is -2.30. The molecule has 27 heavy (non-hydrogen) atoms. The molecule has 1 atom stereocenters. The van der Waals surface area contributed by atoms with Gasteiger partial charge in [-0.15, -0.1) is 0 Å². The van der Waals surface area contributed by atoms with Gasteiger partial charge in [0.25, 0.3) is 11.6 Å². The smallest absolute Gasteiger partial charge is 0.342 e. The van der Waals surface area contributed by atoms with Crippen LogP contribution in [0.1, 0.15) is 17.3 Å². The van der Waals surface area contributed by atoms with E-state index >= 15 is 0 Å². The number of rotatable bonds is 6. The van der Waals surface area contributed by atoms with E-state index in [1.807, 2.05) is 0 Å². The Kier molecular flexibility index (Phi) is 6.01. The van der Waals surface area contributed by atoms with E-state index in [1.165, 1.54) is 20.1 Å². The Morgan fingerprint density at radius 2 is 1.89 bits per heavy atom. The molecule has 142 valence electrons. The number of nitrogens with one attached hydrogen (secondary N) is 1. The highest BCUT2D eigenvalue weighted by atomic mass is 19.1. The molecule has 0 fully saturated rings. The molecule has 0 bridgehead atoms. The van der Waals surface area contributed by atoms with Gasteiger partial charge in [0.05, 0.1) is 17.7 Å². The van der Waals surface area contributed by atoms with Gasteiger partial charge in [-0.1, -0.05) is 0 Å². The van der Waals surface area contributed by atoms with Crippen LogP contribution in [0.2, 0.25) is 0 Å². The van der Waals surface area contributed by atoms with E-state index in [0.717, 1.165) is 24.3 Å². The van der Waals surface area contributed by atoms with Crippen LogP contribution >= 0.6 is 0 Å². The number of carbonyl (C=O) groups is 2. The summed E-state index contributed by atoms with van der Waals surface area (Å²) in [4.78, 5) is 34.5. The average Bonchev–Trinajstić information content (AvgIpc) is 2.63. The molecule has 2 aromatic carbocycles. The molecule has 8 nitrogen and oxygen atoms in total. The van der Waals surface area contributed by atoms with Crippen molar-refractivity contribution in [1.82, 2.24) is 0 Å². The first-order chi connectivity index (χ1) is 12.7. The van der Waals surface area contributed by atoms with E-state index in [4.69, 9.17) is 9.47 Å². The van der Waals surface area contributed by atoms with Crippen molar-refractivity contribution >= 4 is 23.3 Å². The van der Waals surface area contributed by atoms with Crippen LogP contribution in [0, 0.1) is 21.7 Å². The van der Waals surface area contributed by atoms with Crippen molar-refractivity contribution < 1.29 is 32.8 Å². The Labute approximate surface area is 151 Å². The van der Waals surface area contributed by atoms with Gasteiger partial charge in [-0.2, -0.15) is 0 Å². The van der Waals surface area contributed by atoms with Crippen molar-refractivity contribution in [2.75, 3.05) is 12.4 Å². The second-order valence-electron chi connectivity index (χ2n) is 5.30. The zero-order valence-corrected chi connectivity index (χ0v) is 14.2. The number of ether oxygens (including phenoxy) is 2. The van der Waals surface area contributed by atoms with Gasteiger partial charge >= 0.3 is 5.97 Å². The van der Waals surface area contributed by atoms with Gasteiger partial charge in [0.15, 0.2) is 6.10 Å². The Hall–Kier alpha value is -3.56.